The molecule has 0 aliphatic carbocycles. The Morgan fingerprint density at radius 1 is 0.952 bits per heavy atom. The Balaban J connectivity index is 2.14. The third-order valence-corrected chi connectivity index (χ3v) is 2.96. The van der Waals surface area contributed by atoms with Crippen molar-refractivity contribution in [1.29, 1.82) is 0 Å². The van der Waals surface area contributed by atoms with Crippen LogP contribution in [0, 0.1) is 6.92 Å². The van der Waals surface area contributed by atoms with Crippen molar-refractivity contribution >= 4 is 5.95 Å². The molecular weight excluding hydrogens is 266 g/mol. The number of hydrogen-bond acceptors (Lipinski definition) is 6. The third-order valence-electron chi connectivity index (χ3n) is 2.96. The van der Waals surface area contributed by atoms with Crippen LogP contribution in [0.5, 0.6) is 5.75 Å². The van der Waals surface area contributed by atoms with Crippen molar-refractivity contribution in [2.75, 3.05) is 5.73 Å². The highest BCUT2D eigenvalue weighted by atomic mass is 16.3. The lowest BCUT2D eigenvalue weighted by atomic mass is 10.1. The maximum absolute atomic E-state index is 10.0. The van der Waals surface area contributed by atoms with E-state index in [0.717, 1.165) is 11.3 Å². The molecule has 3 aromatic rings. The fraction of sp³-hybridized carbons (Fsp3) is 0.0667. The maximum Gasteiger partial charge on any atom is 0.220 e. The van der Waals surface area contributed by atoms with Gasteiger partial charge in [0.15, 0.2) is 0 Å². The van der Waals surface area contributed by atoms with Crippen LogP contribution >= 0.6 is 0 Å². The zero-order chi connectivity index (χ0) is 14.8. The molecule has 0 aliphatic heterocycles. The highest BCUT2D eigenvalue weighted by Crippen LogP contribution is 2.29. The van der Waals surface area contributed by atoms with Crippen LogP contribution in [0.3, 0.4) is 0 Å². The molecule has 3 heterocycles. The molecule has 3 rings (SSSR count). The van der Waals surface area contributed by atoms with Gasteiger partial charge in [0.25, 0.3) is 0 Å². The monoisotopic (exact) mass is 279 g/mol. The van der Waals surface area contributed by atoms with E-state index in [9.17, 15) is 5.11 Å². The molecule has 0 saturated heterocycles. The number of nitrogens with two attached hydrogens (primary N) is 1. The maximum atomic E-state index is 10.0. The fourth-order valence-electron chi connectivity index (χ4n) is 2.04. The Kier molecular flexibility index (Phi) is 3.19. The summed E-state index contributed by atoms with van der Waals surface area (Å²) in [5.74, 6) is 0.200. The predicted molar refractivity (Wildman–Crippen MR) is 79.3 cm³/mol. The van der Waals surface area contributed by atoms with Crippen LogP contribution in [0.1, 0.15) is 5.69 Å². The van der Waals surface area contributed by atoms with Crippen molar-refractivity contribution in [3.05, 3.63) is 48.4 Å². The van der Waals surface area contributed by atoms with Crippen molar-refractivity contribution < 1.29 is 5.11 Å². The van der Waals surface area contributed by atoms with Gasteiger partial charge in [0.1, 0.15) is 11.4 Å². The van der Waals surface area contributed by atoms with E-state index in [1.54, 1.807) is 30.6 Å². The predicted octanol–water partition coefficient (Wildman–Crippen LogP) is 2.20. The van der Waals surface area contributed by atoms with Crippen molar-refractivity contribution in [3.8, 4) is 28.4 Å². The van der Waals surface area contributed by atoms with Gasteiger partial charge in [-0.3, -0.25) is 4.98 Å². The summed E-state index contributed by atoms with van der Waals surface area (Å²) in [6, 6.07) is 8.76. The molecule has 0 radical (unpaired) electrons. The molecule has 0 aliphatic rings. The van der Waals surface area contributed by atoms with E-state index in [0.29, 0.717) is 17.1 Å². The summed E-state index contributed by atoms with van der Waals surface area (Å²) in [6.07, 6.45) is 3.38. The molecule has 6 nitrogen and oxygen atoms in total. The van der Waals surface area contributed by atoms with Crippen molar-refractivity contribution in [1.82, 2.24) is 19.9 Å². The molecule has 0 fully saturated rings. The summed E-state index contributed by atoms with van der Waals surface area (Å²) in [7, 11) is 0. The first-order chi connectivity index (χ1) is 10.1. The standard InChI is InChI=1S/C15H13N5O/c1-9-8-12(20-15(16)18-9)14-13(21)3-2-11(19-14)10-4-6-17-7-5-10/h2-8,21H,1H3,(H2,16,18,20). The third kappa shape index (κ3) is 2.64. The summed E-state index contributed by atoms with van der Waals surface area (Å²) in [4.78, 5) is 16.6. The summed E-state index contributed by atoms with van der Waals surface area (Å²) >= 11 is 0. The summed E-state index contributed by atoms with van der Waals surface area (Å²) in [6.45, 7) is 1.81. The fourth-order valence-corrected chi connectivity index (χ4v) is 2.04. The number of pyridine rings is 2. The lowest BCUT2D eigenvalue weighted by molar-refractivity contribution is 0.475. The second-order valence-corrected chi connectivity index (χ2v) is 4.55. The van der Waals surface area contributed by atoms with Gasteiger partial charge >= 0.3 is 0 Å². The van der Waals surface area contributed by atoms with Crippen LogP contribution in [0.15, 0.2) is 42.7 Å². The largest absolute Gasteiger partial charge is 0.506 e. The lowest BCUT2D eigenvalue weighted by Crippen LogP contribution is -1.99. The molecule has 21 heavy (non-hydrogen) atoms. The molecule has 6 heteroatoms. The van der Waals surface area contributed by atoms with E-state index in [1.165, 1.54) is 0 Å². The van der Waals surface area contributed by atoms with Gasteiger partial charge in [-0.25, -0.2) is 15.0 Å². The van der Waals surface area contributed by atoms with Crippen LogP contribution in [0.25, 0.3) is 22.6 Å². The van der Waals surface area contributed by atoms with Gasteiger partial charge in [0, 0.05) is 23.7 Å². The van der Waals surface area contributed by atoms with Crippen LogP contribution < -0.4 is 5.73 Å². The number of anilines is 1. The molecule has 0 bridgehead atoms. The molecular formula is C15H13N5O. The molecule has 0 spiro atoms. The van der Waals surface area contributed by atoms with Gasteiger partial charge in [0.2, 0.25) is 5.95 Å². The summed E-state index contributed by atoms with van der Waals surface area (Å²) < 4.78 is 0. The Labute approximate surface area is 121 Å². The van der Waals surface area contributed by atoms with Gasteiger partial charge in [0.05, 0.1) is 11.4 Å². The topological polar surface area (TPSA) is 97.8 Å². The molecule has 104 valence electrons. The SMILES string of the molecule is Cc1cc(-c2nc(-c3ccncc3)ccc2O)nc(N)n1. The van der Waals surface area contributed by atoms with Gasteiger partial charge in [-0.2, -0.15) is 0 Å². The molecule has 0 atom stereocenters. The van der Waals surface area contributed by atoms with Crippen LogP contribution in [-0.2, 0) is 0 Å². The van der Waals surface area contributed by atoms with E-state index >= 15 is 0 Å². The number of nitrogen functional groups attached to an aromatic ring is 1. The van der Waals surface area contributed by atoms with Gasteiger partial charge in [-0.05, 0) is 37.3 Å². The number of nitrogens with zero attached hydrogens (tertiary/aromatic N) is 4. The Morgan fingerprint density at radius 2 is 1.71 bits per heavy atom. The smallest absolute Gasteiger partial charge is 0.220 e. The normalized spacial score (nSPS) is 10.5. The van der Waals surface area contributed by atoms with E-state index < -0.39 is 0 Å². The van der Waals surface area contributed by atoms with Crippen LogP contribution in [-0.4, -0.2) is 25.0 Å². The minimum Gasteiger partial charge on any atom is -0.506 e. The molecule has 0 unspecified atom stereocenters. The zero-order valence-electron chi connectivity index (χ0n) is 11.4. The van der Waals surface area contributed by atoms with E-state index in [4.69, 9.17) is 5.73 Å². The van der Waals surface area contributed by atoms with Crippen LogP contribution in [0.4, 0.5) is 5.95 Å². The molecule has 0 amide bonds. The Bertz CT molecular complexity index is 769. The second kappa shape index (κ2) is 5.16. The van der Waals surface area contributed by atoms with Gasteiger partial charge < -0.3 is 10.8 Å². The summed E-state index contributed by atoms with van der Waals surface area (Å²) in [5, 5.41) is 10.0. The number of aryl methyl sites for hydroxylation is 1. The quantitative estimate of drug-likeness (QED) is 0.746. The highest BCUT2D eigenvalue weighted by Gasteiger charge is 2.11. The number of aromatic nitrogens is 4. The molecule has 3 N–H and O–H groups in total. The summed E-state index contributed by atoms with van der Waals surface area (Å²) in [5.41, 5.74) is 8.87. The average molecular weight is 279 g/mol. The number of aromatic hydroxyl groups is 1. The second-order valence-electron chi connectivity index (χ2n) is 4.55. The average Bonchev–Trinajstić information content (AvgIpc) is 2.47. The molecule has 3 aromatic heterocycles. The Morgan fingerprint density at radius 3 is 2.43 bits per heavy atom. The number of hydrogen-bond donors (Lipinski definition) is 2. The first kappa shape index (κ1) is 13.0. The Hall–Kier alpha value is -3.02. The van der Waals surface area contributed by atoms with Gasteiger partial charge in [-0.15, -0.1) is 0 Å². The van der Waals surface area contributed by atoms with Crippen molar-refractivity contribution in [2.24, 2.45) is 0 Å². The van der Waals surface area contributed by atoms with Crippen LogP contribution in [0.2, 0.25) is 0 Å². The molecule has 0 saturated carbocycles. The first-order valence-electron chi connectivity index (χ1n) is 6.35. The van der Waals surface area contributed by atoms with E-state index in [2.05, 4.69) is 19.9 Å². The van der Waals surface area contributed by atoms with Crippen molar-refractivity contribution in [3.63, 3.8) is 0 Å². The zero-order valence-corrected chi connectivity index (χ0v) is 11.4. The van der Waals surface area contributed by atoms with E-state index in [-0.39, 0.29) is 11.7 Å². The minimum absolute atomic E-state index is 0.0466. The van der Waals surface area contributed by atoms with Gasteiger partial charge in [-0.1, -0.05) is 0 Å². The van der Waals surface area contributed by atoms with Crippen molar-refractivity contribution in [2.45, 2.75) is 6.92 Å². The highest BCUT2D eigenvalue weighted by molar-refractivity contribution is 5.69. The number of rotatable bonds is 2. The first-order valence-corrected chi connectivity index (χ1v) is 6.35. The lowest BCUT2D eigenvalue weighted by Gasteiger charge is -2.07. The van der Waals surface area contributed by atoms with E-state index in [1.807, 2.05) is 19.1 Å². The minimum atomic E-state index is 0.0466. The molecule has 0 aromatic carbocycles.